The highest BCUT2D eigenvalue weighted by Gasteiger charge is 2.38. The van der Waals surface area contributed by atoms with E-state index in [-0.39, 0.29) is 34.4 Å². The maximum Gasteiger partial charge on any atom is 0.353 e. The topological polar surface area (TPSA) is 105 Å². The van der Waals surface area contributed by atoms with Crippen LogP contribution in [0.2, 0.25) is 0 Å². The van der Waals surface area contributed by atoms with Crippen LogP contribution in [0.1, 0.15) is 51.7 Å². The van der Waals surface area contributed by atoms with Crippen LogP contribution in [-0.2, 0) is 0 Å². The normalized spacial score (nSPS) is 18.3. The number of nitro groups is 1. The summed E-state index contributed by atoms with van der Waals surface area (Å²) in [5, 5.41) is 21.9. The molecule has 0 unspecified atom stereocenters. The molecule has 3 N–H and O–H groups in total. The molecule has 2 aromatic rings. The van der Waals surface area contributed by atoms with Crippen LogP contribution in [0.4, 0.5) is 23.0 Å². The molecule has 0 atom stereocenters. The number of rotatable bonds is 5. The van der Waals surface area contributed by atoms with E-state index in [1.807, 2.05) is 32.0 Å². The first kappa shape index (κ1) is 21.0. The lowest BCUT2D eigenvalue weighted by Gasteiger charge is -2.46. The van der Waals surface area contributed by atoms with Crippen LogP contribution in [0.3, 0.4) is 0 Å². The number of benzene rings is 1. The van der Waals surface area contributed by atoms with Crippen molar-refractivity contribution < 1.29 is 4.92 Å². The molecule has 2 heterocycles. The second kappa shape index (κ2) is 7.59. The van der Waals surface area contributed by atoms with Crippen LogP contribution in [0.25, 0.3) is 0 Å². The molecule has 0 saturated carbocycles. The van der Waals surface area contributed by atoms with E-state index in [1.54, 1.807) is 0 Å². The Morgan fingerprint density at radius 2 is 1.59 bits per heavy atom. The van der Waals surface area contributed by atoms with Crippen molar-refractivity contribution in [2.24, 2.45) is 0 Å². The van der Waals surface area contributed by atoms with Gasteiger partial charge in [0.1, 0.15) is 6.33 Å². The molecular weight excluding hydrogens is 368 g/mol. The van der Waals surface area contributed by atoms with Crippen molar-refractivity contribution in [3.05, 3.63) is 45.8 Å². The monoisotopic (exact) mass is 398 g/mol. The lowest BCUT2D eigenvalue weighted by molar-refractivity contribution is -0.383. The smallest absolute Gasteiger partial charge is 0.353 e. The van der Waals surface area contributed by atoms with Gasteiger partial charge in [-0.2, -0.15) is 0 Å². The molecule has 0 radical (unpaired) electrons. The third-order valence-electron chi connectivity index (χ3n) is 5.02. The largest absolute Gasteiger partial charge is 0.361 e. The Balaban J connectivity index is 1.92. The van der Waals surface area contributed by atoms with Gasteiger partial charge in [-0.15, -0.1) is 0 Å². The Morgan fingerprint density at radius 3 is 2.14 bits per heavy atom. The molecule has 1 aliphatic heterocycles. The second-order valence-electron chi connectivity index (χ2n) is 9.32. The summed E-state index contributed by atoms with van der Waals surface area (Å²) in [6.45, 7) is 12.5. The number of nitrogens with zero attached hydrogens (tertiary/aromatic N) is 3. The van der Waals surface area contributed by atoms with Crippen molar-refractivity contribution >= 4 is 23.0 Å². The van der Waals surface area contributed by atoms with Crippen LogP contribution < -0.4 is 16.0 Å². The number of anilines is 3. The molecule has 8 nitrogen and oxygen atoms in total. The Bertz CT molecular complexity index is 889. The fourth-order valence-electron chi connectivity index (χ4n) is 4.55. The number of nitrogens with one attached hydrogen (secondary N) is 3. The van der Waals surface area contributed by atoms with Crippen molar-refractivity contribution in [2.45, 2.75) is 71.5 Å². The van der Waals surface area contributed by atoms with Crippen LogP contribution in [-0.4, -0.2) is 32.0 Å². The summed E-state index contributed by atoms with van der Waals surface area (Å²) >= 11 is 0. The summed E-state index contributed by atoms with van der Waals surface area (Å²) in [5.74, 6) is 0.431. The van der Waals surface area contributed by atoms with E-state index in [9.17, 15) is 10.1 Å². The fraction of sp³-hybridized carbons (Fsp3) is 0.524. The Labute approximate surface area is 171 Å². The average molecular weight is 399 g/mol. The second-order valence-corrected chi connectivity index (χ2v) is 9.32. The zero-order valence-electron chi connectivity index (χ0n) is 18.0. The predicted molar refractivity (Wildman–Crippen MR) is 116 cm³/mol. The molecule has 0 amide bonds. The van der Waals surface area contributed by atoms with E-state index in [2.05, 4.69) is 53.6 Å². The van der Waals surface area contributed by atoms with E-state index >= 15 is 0 Å². The Kier molecular flexibility index (Phi) is 5.49. The van der Waals surface area contributed by atoms with Gasteiger partial charge < -0.3 is 16.0 Å². The first-order valence-electron chi connectivity index (χ1n) is 9.85. The van der Waals surface area contributed by atoms with Gasteiger partial charge in [0.2, 0.25) is 11.6 Å². The quantitative estimate of drug-likeness (QED) is 0.504. The number of aryl methyl sites for hydroxylation is 2. The summed E-state index contributed by atoms with van der Waals surface area (Å²) in [4.78, 5) is 19.8. The standard InChI is InChI=1S/C21H30N6O2/c1-13-7-14(2)9-15(8-13)24-18-17(27(28)29)19(23-12-22-18)25-16-10-20(3,4)26-21(5,6)11-16/h7-9,12,16,26H,10-11H2,1-6H3,(H2,22,23,24,25). The maximum atomic E-state index is 11.9. The van der Waals surface area contributed by atoms with E-state index in [0.717, 1.165) is 29.7 Å². The molecule has 29 heavy (non-hydrogen) atoms. The third kappa shape index (κ3) is 5.20. The minimum absolute atomic E-state index is 0.0592. The number of hydrogen-bond donors (Lipinski definition) is 3. The summed E-state index contributed by atoms with van der Waals surface area (Å²) in [6, 6.07) is 5.98. The summed E-state index contributed by atoms with van der Waals surface area (Å²) in [7, 11) is 0. The lowest BCUT2D eigenvalue weighted by atomic mass is 9.79. The molecule has 0 spiro atoms. The average Bonchev–Trinajstić information content (AvgIpc) is 2.50. The molecule has 8 heteroatoms. The van der Waals surface area contributed by atoms with Crippen LogP contribution in [0.5, 0.6) is 0 Å². The van der Waals surface area contributed by atoms with Gasteiger partial charge >= 0.3 is 5.69 Å². The van der Waals surface area contributed by atoms with Crippen molar-refractivity contribution in [1.82, 2.24) is 15.3 Å². The molecule has 156 valence electrons. The van der Waals surface area contributed by atoms with E-state index in [0.29, 0.717) is 0 Å². The highest BCUT2D eigenvalue weighted by molar-refractivity contribution is 5.74. The van der Waals surface area contributed by atoms with Gasteiger partial charge in [0.25, 0.3) is 0 Å². The molecule has 3 rings (SSSR count). The van der Waals surface area contributed by atoms with Crippen molar-refractivity contribution in [2.75, 3.05) is 10.6 Å². The summed E-state index contributed by atoms with van der Waals surface area (Å²) in [5.41, 5.74) is 2.60. The minimum atomic E-state index is -0.426. The van der Waals surface area contributed by atoms with Gasteiger partial charge in [-0.05, 0) is 77.6 Å². The molecule has 1 fully saturated rings. The van der Waals surface area contributed by atoms with Gasteiger partial charge in [-0.3, -0.25) is 10.1 Å². The number of piperidine rings is 1. The van der Waals surface area contributed by atoms with Gasteiger partial charge in [0.05, 0.1) is 4.92 Å². The maximum absolute atomic E-state index is 11.9. The molecule has 1 aromatic heterocycles. The van der Waals surface area contributed by atoms with E-state index in [4.69, 9.17) is 0 Å². The lowest BCUT2D eigenvalue weighted by Crippen LogP contribution is -2.60. The van der Waals surface area contributed by atoms with Gasteiger partial charge in [0.15, 0.2) is 0 Å². The van der Waals surface area contributed by atoms with E-state index < -0.39 is 4.92 Å². The Hall–Kier alpha value is -2.74. The van der Waals surface area contributed by atoms with Crippen LogP contribution in [0, 0.1) is 24.0 Å². The van der Waals surface area contributed by atoms with Crippen molar-refractivity contribution in [3.63, 3.8) is 0 Å². The van der Waals surface area contributed by atoms with Gasteiger partial charge in [0, 0.05) is 22.8 Å². The van der Waals surface area contributed by atoms with Gasteiger partial charge in [-0.25, -0.2) is 9.97 Å². The molecular formula is C21H30N6O2. The fourth-order valence-corrected chi connectivity index (χ4v) is 4.55. The van der Waals surface area contributed by atoms with Gasteiger partial charge in [-0.1, -0.05) is 6.07 Å². The Morgan fingerprint density at radius 1 is 1.03 bits per heavy atom. The zero-order chi connectivity index (χ0) is 21.4. The SMILES string of the molecule is Cc1cc(C)cc(Nc2ncnc(NC3CC(C)(C)NC(C)(C)C3)c2[N+](=O)[O-])c1. The van der Waals surface area contributed by atoms with E-state index in [1.165, 1.54) is 6.33 Å². The third-order valence-corrected chi connectivity index (χ3v) is 5.02. The summed E-state index contributed by atoms with van der Waals surface area (Å²) < 4.78 is 0. The molecule has 1 aliphatic rings. The van der Waals surface area contributed by atoms with Crippen LogP contribution >= 0.6 is 0 Å². The highest BCUT2D eigenvalue weighted by Crippen LogP contribution is 2.35. The first-order valence-corrected chi connectivity index (χ1v) is 9.85. The minimum Gasteiger partial charge on any atom is -0.361 e. The number of hydrogen-bond acceptors (Lipinski definition) is 7. The molecule has 0 aliphatic carbocycles. The number of aromatic nitrogens is 2. The van der Waals surface area contributed by atoms with Crippen molar-refractivity contribution in [1.29, 1.82) is 0 Å². The predicted octanol–water partition coefficient (Wildman–Crippen LogP) is 4.47. The molecule has 0 bridgehead atoms. The molecule has 1 saturated heterocycles. The zero-order valence-corrected chi connectivity index (χ0v) is 18.0. The van der Waals surface area contributed by atoms with Crippen molar-refractivity contribution in [3.8, 4) is 0 Å². The molecule has 1 aromatic carbocycles. The van der Waals surface area contributed by atoms with Crippen LogP contribution in [0.15, 0.2) is 24.5 Å². The first-order chi connectivity index (χ1) is 13.4. The summed E-state index contributed by atoms with van der Waals surface area (Å²) in [6.07, 6.45) is 3.02. The highest BCUT2D eigenvalue weighted by atomic mass is 16.6.